The summed E-state index contributed by atoms with van der Waals surface area (Å²) in [6.45, 7) is 28.2. The van der Waals surface area contributed by atoms with Gasteiger partial charge in [-0.25, -0.2) is 4.98 Å². The minimum Gasteiger partial charge on any atom is -0.315 e. The number of hydrogen-bond acceptors (Lipinski definition) is 4. The first kappa shape index (κ1) is 32.0. The maximum atomic E-state index is 5.14. The number of nitrogens with zero attached hydrogens (tertiary/aromatic N) is 2. The zero-order valence-corrected chi connectivity index (χ0v) is 26.7. The van der Waals surface area contributed by atoms with Gasteiger partial charge in [-0.15, -0.1) is 11.3 Å². The highest BCUT2D eigenvalue weighted by molar-refractivity contribution is 7.13. The smallest absolute Gasteiger partial charge is 0.123 e. The van der Waals surface area contributed by atoms with Gasteiger partial charge in [0.1, 0.15) is 5.01 Å². The summed E-state index contributed by atoms with van der Waals surface area (Å²) < 4.78 is 0. The van der Waals surface area contributed by atoms with Crippen molar-refractivity contribution in [2.45, 2.75) is 118 Å². The third-order valence-corrected chi connectivity index (χ3v) is 8.57. The molecular weight excluding hydrogens is 470 g/mol. The highest BCUT2D eigenvalue weighted by Crippen LogP contribution is 2.47. The van der Waals surface area contributed by atoms with Crippen LogP contribution in [0.15, 0.2) is 23.6 Å². The number of thiazole rings is 1. The van der Waals surface area contributed by atoms with E-state index >= 15 is 0 Å². The summed E-state index contributed by atoms with van der Waals surface area (Å²) in [6.07, 6.45) is 6.21. The van der Waals surface area contributed by atoms with Gasteiger partial charge in [0, 0.05) is 30.0 Å². The van der Waals surface area contributed by atoms with Gasteiger partial charge in [0.15, 0.2) is 0 Å². The Morgan fingerprint density at radius 3 is 2.16 bits per heavy atom. The fourth-order valence-corrected chi connectivity index (χ4v) is 6.22. The highest BCUT2D eigenvalue weighted by atomic mass is 32.1. The van der Waals surface area contributed by atoms with Crippen LogP contribution >= 0.6 is 11.3 Å². The molecule has 0 saturated carbocycles. The molecule has 1 fully saturated rings. The van der Waals surface area contributed by atoms with Crippen LogP contribution in [0, 0.1) is 5.92 Å². The van der Waals surface area contributed by atoms with Crippen LogP contribution < -0.4 is 5.32 Å². The molecule has 1 N–H and O–H groups in total. The van der Waals surface area contributed by atoms with E-state index in [0.29, 0.717) is 5.92 Å². The number of hydrogen-bond donors (Lipinski definition) is 1. The molecule has 0 unspecified atom stereocenters. The van der Waals surface area contributed by atoms with Crippen molar-refractivity contribution in [1.29, 1.82) is 0 Å². The largest absolute Gasteiger partial charge is 0.315 e. The van der Waals surface area contributed by atoms with E-state index in [1.54, 1.807) is 0 Å². The molecule has 0 radical (unpaired) electrons. The topological polar surface area (TPSA) is 28.2 Å². The summed E-state index contributed by atoms with van der Waals surface area (Å²) in [4.78, 5) is 7.75. The Balaban J connectivity index is 0.000000733. The molecule has 1 aliphatic carbocycles. The first-order valence-electron chi connectivity index (χ1n) is 15.1. The van der Waals surface area contributed by atoms with Gasteiger partial charge in [0.25, 0.3) is 0 Å². The van der Waals surface area contributed by atoms with E-state index in [1.165, 1.54) is 79.1 Å². The average molecular weight is 528 g/mol. The number of rotatable bonds is 7. The van der Waals surface area contributed by atoms with Gasteiger partial charge in [-0.1, -0.05) is 81.4 Å². The van der Waals surface area contributed by atoms with Crippen molar-refractivity contribution in [2.75, 3.05) is 32.7 Å². The molecule has 1 aromatic heterocycles. The first-order chi connectivity index (χ1) is 17.5. The Hall–Kier alpha value is -1.23. The maximum Gasteiger partial charge on any atom is 0.123 e. The van der Waals surface area contributed by atoms with Crippen LogP contribution in [-0.4, -0.2) is 42.6 Å². The first-order valence-corrected chi connectivity index (χ1v) is 16.0. The molecule has 3 nitrogen and oxygen atoms in total. The van der Waals surface area contributed by atoms with Crippen molar-refractivity contribution in [3.05, 3.63) is 40.4 Å². The predicted octanol–water partition coefficient (Wildman–Crippen LogP) is 9.03. The monoisotopic (exact) mass is 527 g/mol. The van der Waals surface area contributed by atoms with E-state index in [2.05, 4.69) is 89.2 Å². The molecule has 1 aliphatic heterocycles. The van der Waals surface area contributed by atoms with Crippen LogP contribution in [0.5, 0.6) is 0 Å². The van der Waals surface area contributed by atoms with Crippen LogP contribution in [0.4, 0.5) is 0 Å². The summed E-state index contributed by atoms with van der Waals surface area (Å²) in [5, 5.41) is 7.05. The molecule has 2 aromatic rings. The van der Waals surface area contributed by atoms with E-state index in [1.807, 2.05) is 25.2 Å². The summed E-state index contributed by atoms with van der Waals surface area (Å²) in [7, 11) is 0. The van der Waals surface area contributed by atoms with Gasteiger partial charge >= 0.3 is 0 Å². The molecule has 1 aromatic carbocycles. The lowest BCUT2D eigenvalue weighted by Crippen LogP contribution is -2.38. The van der Waals surface area contributed by atoms with E-state index in [-0.39, 0.29) is 10.8 Å². The molecule has 0 amide bonds. The summed E-state index contributed by atoms with van der Waals surface area (Å²) in [5.41, 5.74) is 6.21. The zero-order valence-electron chi connectivity index (χ0n) is 25.8. The second-order valence-corrected chi connectivity index (χ2v) is 13.6. The third-order valence-electron chi connectivity index (χ3n) is 7.66. The lowest BCUT2D eigenvalue weighted by molar-refractivity contribution is 0.211. The third kappa shape index (κ3) is 9.18. The molecule has 4 rings (SSSR count). The standard InChI is InChI=1S/C27H41N3S.C4H10.C2H6/c1-6-13-28-14-17-30-15-9-20(10-16-30)24-19-31-25(29-24)21-7-8-22-23(18-21)27(4,5)12-11-26(22,2)3;1-4(2)3;1-2/h7-8,18-20,28H,6,9-17H2,1-5H3;4H,1-3H3;1-2H3. The Bertz CT molecular complexity index is 917. The van der Waals surface area contributed by atoms with Crippen molar-refractivity contribution < 1.29 is 0 Å². The average Bonchev–Trinajstić information content (AvgIpc) is 3.36. The number of likely N-dealkylation sites (tertiary alicyclic amines) is 1. The Morgan fingerprint density at radius 2 is 1.57 bits per heavy atom. The molecule has 4 heteroatoms. The number of aromatic nitrogens is 1. The highest BCUT2D eigenvalue weighted by Gasteiger charge is 2.37. The van der Waals surface area contributed by atoms with Crippen molar-refractivity contribution in [3.8, 4) is 10.6 Å². The number of nitrogens with one attached hydrogen (secondary N) is 1. The zero-order chi connectivity index (χ0) is 27.6. The van der Waals surface area contributed by atoms with Crippen molar-refractivity contribution in [2.24, 2.45) is 5.92 Å². The SMILES string of the molecule is CC.CC(C)C.CCCNCCN1CCC(c2csc(-c3ccc4c(c3)C(C)(C)CCC4(C)C)n2)CC1. The van der Waals surface area contributed by atoms with Crippen LogP contribution in [0.3, 0.4) is 0 Å². The molecule has 2 heterocycles. The molecular formula is C33H57N3S. The summed E-state index contributed by atoms with van der Waals surface area (Å²) >= 11 is 1.83. The predicted molar refractivity (Wildman–Crippen MR) is 166 cm³/mol. The van der Waals surface area contributed by atoms with Crippen molar-refractivity contribution >= 4 is 11.3 Å². The van der Waals surface area contributed by atoms with Crippen LogP contribution in [-0.2, 0) is 10.8 Å². The number of fused-ring (bicyclic) bond motifs is 1. The van der Waals surface area contributed by atoms with E-state index in [0.717, 1.165) is 19.0 Å². The van der Waals surface area contributed by atoms with Crippen molar-refractivity contribution in [1.82, 2.24) is 15.2 Å². The second-order valence-electron chi connectivity index (χ2n) is 12.7. The van der Waals surface area contributed by atoms with Crippen LogP contribution in [0.2, 0.25) is 0 Å². The lowest BCUT2D eigenvalue weighted by Gasteiger charge is -2.42. The molecule has 37 heavy (non-hydrogen) atoms. The van der Waals surface area contributed by atoms with Crippen LogP contribution in [0.1, 0.15) is 124 Å². The minimum atomic E-state index is 0.250. The Labute approximate surface area is 233 Å². The fourth-order valence-electron chi connectivity index (χ4n) is 5.32. The van der Waals surface area contributed by atoms with Crippen molar-refractivity contribution in [3.63, 3.8) is 0 Å². The van der Waals surface area contributed by atoms with Gasteiger partial charge in [-0.05, 0) is 85.7 Å². The Morgan fingerprint density at radius 1 is 0.973 bits per heavy atom. The molecule has 0 atom stereocenters. The van der Waals surface area contributed by atoms with E-state index < -0.39 is 0 Å². The molecule has 0 spiro atoms. The quantitative estimate of drug-likeness (QED) is 0.364. The molecule has 2 aliphatic rings. The van der Waals surface area contributed by atoms with Gasteiger partial charge in [-0.2, -0.15) is 0 Å². The van der Waals surface area contributed by atoms with Crippen LogP contribution in [0.25, 0.3) is 10.6 Å². The fraction of sp³-hybridized carbons (Fsp3) is 0.727. The van der Waals surface area contributed by atoms with E-state index in [4.69, 9.17) is 4.98 Å². The van der Waals surface area contributed by atoms with Gasteiger partial charge in [0.05, 0.1) is 5.69 Å². The normalized spacial score (nSPS) is 18.9. The molecule has 1 saturated heterocycles. The summed E-state index contributed by atoms with van der Waals surface area (Å²) in [5.74, 6) is 1.46. The maximum absolute atomic E-state index is 5.14. The molecule has 210 valence electrons. The molecule has 0 bridgehead atoms. The van der Waals surface area contributed by atoms with E-state index in [9.17, 15) is 0 Å². The second kappa shape index (κ2) is 14.8. The number of piperidine rings is 1. The minimum absolute atomic E-state index is 0.250. The number of benzene rings is 1. The lowest BCUT2D eigenvalue weighted by atomic mass is 9.63. The van der Waals surface area contributed by atoms with Gasteiger partial charge < -0.3 is 10.2 Å². The Kier molecular flexibility index (Phi) is 12.8. The van der Waals surface area contributed by atoms with Gasteiger partial charge in [0.2, 0.25) is 0 Å². The van der Waals surface area contributed by atoms with Gasteiger partial charge in [-0.3, -0.25) is 0 Å². The summed E-state index contributed by atoms with van der Waals surface area (Å²) in [6, 6.07) is 7.15.